The molecule has 0 spiro atoms. The van der Waals surface area contributed by atoms with Crippen LogP contribution in [0.1, 0.15) is 59.5 Å². The number of hydrogen-bond donors (Lipinski definition) is 0. The Bertz CT molecular complexity index is 1040. The van der Waals surface area contributed by atoms with Crippen molar-refractivity contribution < 1.29 is 14.1 Å². The zero-order valence-electron chi connectivity index (χ0n) is 16.4. The lowest BCUT2D eigenvalue weighted by Crippen LogP contribution is -2.47. The van der Waals surface area contributed by atoms with E-state index in [1.807, 2.05) is 38.1 Å². The third-order valence-corrected chi connectivity index (χ3v) is 5.48. The summed E-state index contributed by atoms with van der Waals surface area (Å²) in [5.74, 6) is 1.29. The molecule has 0 N–H and O–H groups in total. The second-order valence-electron chi connectivity index (χ2n) is 7.62. The van der Waals surface area contributed by atoms with E-state index >= 15 is 0 Å². The number of ether oxygens (including phenoxy) is 1. The van der Waals surface area contributed by atoms with Gasteiger partial charge in [-0.2, -0.15) is 4.98 Å². The summed E-state index contributed by atoms with van der Waals surface area (Å²) in [4.78, 5) is 19.5. The summed E-state index contributed by atoms with van der Waals surface area (Å²) in [6.45, 7) is 4.77. The Kier molecular flexibility index (Phi) is 4.39. The lowest BCUT2D eigenvalue weighted by Gasteiger charge is -2.37. The van der Waals surface area contributed by atoms with Crippen molar-refractivity contribution in [3.8, 4) is 5.69 Å². The summed E-state index contributed by atoms with van der Waals surface area (Å²) < 4.78 is 12.9. The standard InChI is InChI=1S/C20H22N6O3/c1-12-5-3-4-6-16(12)26-11-15(22-24-26)20(27)25-9-10-28-13(2)17(25)19-21-18(23-29-19)14-7-8-14/h3-6,11,13-14,17H,7-10H2,1-2H3/t13-,17+/m1/s1. The maximum Gasteiger partial charge on any atom is 0.276 e. The molecule has 0 bridgehead atoms. The molecule has 1 saturated carbocycles. The first-order valence-electron chi connectivity index (χ1n) is 9.86. The van der Waals surface area contributed by atoms with Crippen LogP contribution in [0.15, 0.2) is 35.0 Å². The van der Waals surface area contributed by atoms with Crippen molar-refractivity contribution in [2.75, 3.05) is 13.2 Å². The Balaban J connectivity index is 1.43. The SMILES string of the molecule is Cc1ccccc1-n1cc(C(=O)N2CCO[C@H](C)[C@H]2c2nc(C3CC3)no2)nn1. The maximum absolute atomic E-state index is 13.3. The molecule has 3 aromatic rings. The summed E-state index contributed by atoms with van der Waals surface area (Å²) in [5.41, 5.74) is 2.21. The highest BCUT2D eigenvalue weighted by Crippen LogP contribution is 2.39. The summed E-state index contributed by atoms with van der Waals surface area (Å²) in [7, 11) is 0. The van der Waals surface area contributed by atoms with Gasteiger partial charge in [-0.3, -0.25) is 4.79 Å². The van der Waals surface area contributed by atoms with Crippen molar-refractivity contribution in [1.82, 2.24) is 30.0 Å². The van der Waals surface area contributed by atoms with E-state index in [-0.39, 0.29) is 17.7 Å². The molecule has 2 aromatic heterocycles. The van der Waals surface area contributed by atoms with Gasteiger partial charge in [-0.05, 0) is 38.3 Å². The minimum Gasteiger partial charge on any atom is -0.374 e. The fourth-order valence-electron chi connectivity index (χ4n) is 3.70. The Morgan fingerprint density at radius 3 is 2.86 bits per heavy atom. The van der Waals surface area contributed by atoms with Crippen molar-refractivity contribution >= 4 is 5.91 Å². The topological polar surface area (TPSA) is 99.2 Å². The highest BCUT2D eigenvalue weighted by molar-refractivity contribution is 5.92. The molecule has 0 radical (unpaired) electrons. The molecule has 1 aliphatic carbocycles. The summed E-state index contributed by atoms with van der Waals surface area (Å²) >= 11 is 0. The summed E-state index contributed by atoms with van der Waals surface area (Å²) in [6, 6.07) is 7.38. The van der Waals surface area contributed by atoms with Gasteiger partial charge in [0.1, 0.15) is 6.04 Å². The number of nitrogens with zero attached hydrogens (tertiary/aromatic N) is 6. The molecule has 9 nitrogen and oxygen atoms in total. The Hall–Kier alpha value is -3.07. The maximum atomic E-state index is 13.3. The van der Waals surface area contributed by atoms with Gasteiger partial charge < -0.3 is 14.2 Å². The quantitative estimate of drug-likeness (QED) is 0.670. The van der Waals surface area contributed by atoms with Crippen LogP contribution >= 0.6 is 0 Å². The van der Waals surface area contributed by atoms with Crippen LogP contribution in [-0.4, -0.2) is 55.2 Å². The summed E-state index contributed by atoms with van der Waals surface area (Å²) in [5, 5.41) is 12.4. The van der Waals surface area contributed by atoms with Gasteiger partial charge in [0.15, 0.2) is 11.5 Å². The van der Waals surface area contributed by atoms with Crippen molar-refractivity contribution in [1.29, 1.82) is 0 Å². The second-order valence-corrected chi connectivity index (χ2v) is 7.62. The third kappa shape index (κ3) is 3.31. The van der Waals surface area contributed by atoms with Crippen molar-refractivity contribution in [2.45, 2.75) is 44.8 Å². The molecule has 1 aromatic carbocycles. The molecular formula is C20H22N6O3. The van der Waals surface area contributed by atoms with E-state index in [0.717, 1.165) is 29.9 Å². The molecule has 1 amide bonds. The predicted molar refractivity (Wildman–Crippen MR) is 102 cm³/mol. The van der Waals surface area contributed by atoms with Crippen molar-refractivity contribution in [3.05, 3.63) is 53.4 Å². The fourth-order valence-corrected chi connectivity index (χ4v) is 3.70. The zero-order chi connectivity index (χ0) is 20.0. The number of para-hydroxylation sites is 1. The lowest BCUT2D eigenvalue weighted by molar-refractivity contribution is -0.0602. The Morgan fingerprint density at radius 1 is 1.24 bits per heavy atom. The number of aromatic nitrogens is 5. The number of aryl methyl sites for hydroxylation is 1. The Labute approximate surface area is 167 Å². The monoisotopic (exact) mass is 394 g/mol. The molecule has 0 unspecified atom stereocenters. The molecule has 5 rings (SSSR count). The number of carbonyl (C=O) groups excluding carboxylic acids is 1. The molecular weight excluding hydrogens is 372 g/mol. The molecule has 1 saturated heterocycles. The molecule has 1 aliphatic heterocycles. The van der Waals surface area contributed by atoms with Crippen LogP contribution in [0.3, 0.4) is 0 Å². The van der Waals surface area contributed by atoms with Gasteiger partial charge in [0.2, 0.25) is 0 Å². The van der Waals surface area contributed by atoms with Crippen LogP contribution in [0.4, 0.5) is 0 Å². The van der Waals surface area contributed by atoms with E-state index in [9.17, 15) is 4.79 Å². The molecule has 2 atom stereocenters. The molecule has 2 fully saturated rings. The summed E-state index contributed by atoms with van der Waals surface area (Å²) in [6.07, 6.45) is 3.57. The van der Waals surface area contributed by atoms with Crippen LogP contribution in [-0.2, 0) is 4.74 Å². The number of carbonyl (C=O) groups is 1. The minimum absolute atomic E-state index is 0.226. The van der Waals surface area contributed by atoms with Gasteiger partial charge >= 0.3 is 0 Å². The lowest BCUT2D eigenvalue weighted by atomic mass is 10.1. The number of benzene rings is 1. The zero-order valence-corrected chi connectivity index (χ0v) is 16.4. The number of hydrogen-bond acceptors (Lipinski definition) is 7. The Morgan fingerprint density at radius 2 is 2.07 bits per heavy atom. The predicted octanol–water partition coefficient (Wildman–Crippen LogP) is 2.44. The highest BCUT2D eigenvalue weighted by Gasteiger charge is 2.40. The average molecular weight is 394 g/mol. The number of morpholine rings is 1. The van der Waals surface area contributed by atoms with Crippen LogP contribution < -0.4 is 0 Å². The normalized spacial score (nSPS) is 22.1. The first-order chi connectivity index (χ1) is 14.1. The van der Waals surface area contributed by atoms with Crippen LogP contribution in [0.2, 0.25) is 0 Å². The van der Waals surface area contributed by atoms with E-state index in [4.69, 9.17) is 9.26 Å². The molecule has 150 valence electrons. The van der Waals surface area contributed by atoms with E-state index in [0.29, 0.717) is 25.0 Å². The molecule has 2 aliphatic rings. The highest BCUT2D eigenvalue weighted by atomic mass is 16.5. The number of rotatable bonds is 4. The molecule has 29 heavy (non-hydrogen) atoms. The fraction of sp³-hybridized carbons (Fsp3) is 0.450. The van der Waals surface area contributed by atoms with Crippen LogP contribution in [0.25, 0.3) is 5.69 Å². The van der Waals surface area contributed by atoms with Gasteiger partial charge in [-0.1, -0.05) is 28.6 Å². The van der Waals surface area contributed by atoms with Gasteiger partial charge in [0, 0.05) is 12.5 Å². The van der Waals surface area contributed by atoms with Crippen LogP contribution in [0, 0.1) is 6.92 Å². The van der Waals surface area contributed by atoms with E-state index < -0.39 is 6.04 Å². The average Bonchev–Trinajstić information content (AvgIpc) is 3.26. The van der Waals surface area contributed by atoms with Gasteiger partial charge in [-0.25, -0.2) is 4.68 Å². The van der Waals surface area contributed by atoms with E-state index in [1.54, 1.807) is 15.8 Å². The van der Waals surface area contributed by atoms with Crippen LogP contribution in [0.5, 0.6) is 0 Å². The third-order valence-electron chi connectivity index (χ3n) is 5.48. The number of amides is 1. The van der Waals surface area contributed by atoms with Crippen molar-refractivity contribution in [3.63, 3.8) is 0 Å². The minimum atomic E-state index is -0.445. The second kappa shape index (κ2) is 7.07. The molecule has 3 heterocycles. The van der Waals surface area contributed by atoms with Crippen molar-refractivity contribution in [2.24, 2.45) is 0 Å². The largest absolute Gasteiger partial charge is 0.374 e. The first kappa shape index (κ1) is 18.0. The van der Waals surface area contributed by atoms with E-state index in [1.165, 1.54) is 0 Å². The smallest absolute Gasteiger partial charge is 0.276 e. The van der Waals surface area contributed by atoms with Gasteiger partial charge in [0.25, 0.3) is 11.8 Å². The first-order valence-corrected chi connectivity index (χ1v) is 9.86. The van der Waals surface area contributed by atoms with E-state index in [2.05, 4.69) is 20.5 Å². The van der Waals surface area contributed by atoms with Gasteiger partial charge in [-0.15, -0.1) is 5.10 Å². The molecule has 9 heteroatoms. The van der Waals surface area contributed by atoms with Gasteiger partial charge in [0.05, 0.1) is 24.6 Å².